The van der Waals surface area contributed by atoms with Crippen molar-refractivity contribution in [3.8, 4) is 5.75 Å². The van der Waals surface area contributed by atoms with Gasteiger partial charge in [-0.2, -0.15) is 0 Å². The molecule has 0 saturated carbocycles. The fourth-order valence-corrected chi connectivity index (χ4v) is 2.54. The lowest BCUT2D eigenvalue weighted by Crippen LogP contribution is -2.38. The normalized spacial score (nSPS) is 11.2. The van der Waals surface area contributed by atoms with Crippen molar-refractivity contribution in [3.05, 3.63) is 58.9 Å². The maximum absolute atomic E-state index is 5.79. The van der Waals surface area contributed by atoms with E-state index in [0.29, 0.717) is 5.15 Å². The second-order valence-electron chi connectivity index (χ2n) is 5.62. The first-order valence-corrected chi connectivity index (χ1v) is 8.77. The molecule has 0 unspecified atom stereocenters. The molecule has 2 N–H and O–H groups in total. The van der Waals surface area contributed by atoms with E-state index in [1.54, 1.807) is 20.4 Å². The van der Waals surface area contributed by atoms with Gasteiger partial charge in [-0.15, -0.1) is 0 Å². The summed E-state index contributed by atoms with van der Waals surface area (Å²) in [6, 6.07) is 12.0. The molecule has 25 heavy (non-hydrogen) atoms. The quantitative estimate of drug-likeness (QED) is 0.329. The van der Waals surface area contributed by atoms with Crippen LogP contribution in [0, 0.1) is 0 Å². The summed E-state index contributed by atoms with van der Waals surface area (Å²) in [4.78, 5) is 8.32. The predicted octanol–water partition coefficient (Wildman–Crippen LogP) is 3.08. The van der Waals surface area contributed by atoms with Crippen molar-refractivity contribution < 1.29 is 4.74 Å². The van der Waals surface area contributed by atoms with Crippen LogP contribution in [0.5, 0.6) is 5.75 Å². The van der Waals surface area contributed by atoms with Crippen molar-refractivity contribution in [1.29, 1.82) is 0 Å². The van der Waals surface area contributed by atoms with Gasteiger partial charge in [0.15, 0.2) is 5.96 Å². The monoisotopic (exact) mass is 360 g/mol. The van der Waals surface area contributed by atoms with Crippen molar-refractivity contribution in [1.82, 2.24) is 15.6 Å². The number of nitrogens with zero attached hydrogens (tertiary/aromatic N) is 2. The highest BCUT2D eigenvalue weighted by Gasteiger charge is 2.00. The molecule has 0 bridgehead atoms. The van der Waals surface area contributed by atoms with E-state index >= 15 is 0 Å². The van der Waals surface area contributed by atoms with Crippen molar-refractivity contribution in [2.24, 2.45) is 4.99 Å². The molecule has 0 radical (unpaired) electrons. The Morgan fingerprint density at radius 3 is 2.68 bits per heavy atom. The molecule has 6 heteroatoms. The summed E-state index contributed by atoms with van der Waals surface area (Å²) in [6.07, 6.45) is 4.69. The molecular weight excluding hydrogens is 336 g/mol. The van der Waals surface area contributed by atoms with Gasteiger partial charge in [0.1, 0.15) is 10.9 Å². The number of halogens is 1. The molecule has 134 valence electrons. The standard InChI is InChI=1S/C19H25ClN4O/c1-21-19(23-12-10-16-8-9-18(20)24-14-16)22-11-4-6-15-5-3-7-17(13-15)25-2/h3,5,7-9,13-14H,4,6,10-12H2,1-2H3,(H2,21,22,23). The first-order chi connectivity index (χ1) is 12.2. The SMILES string of the molecule is CN=C(NCCCc1cccc(OC)c1)NCCc1ccc(Cl)nc1. The molecule has 0 atom stereocenters. The number of guanidine groups is 1. The van der Waals surface area contributed by atoms with E-state index < -0.39 is 0 Å². The number of hydrogen-bond donors (Lipinski definition) is 2. The van der Waals surface area contributed by atoms with Gasteiger partial charge in [0.25, 0.3) is 0 Å². The van der Waals surface area contributed by atoms with Gasteiger partial charge in [-0.1, -0.05) is 29.8 Å². The van der Waals surface area contributed by atoms with Gasteiger partial charge in [0, 0.05) is 26.3 Å². The second-order valence-corrected chi connectivity index (χ2v) is 6.01. The lowest BCUT2D eigenvalue weighted by atomic mass is 10.1. The Hall–Kier alpha value is -2.27. The maximum atomic E-state index is 5.79. The number of ether oxygens (including phenoxy) is 1. The van der Waals surface area contributed by atoms with Gasteiger partial charge < -0.3 is 15.4 Å². The van der Waals surface area contributed by atoms with Gasteiger partial charge in [-0.25, -0.2) is 4.98 Å². The largest absolute Gasteiger partial charge is 0.497 e. The number of benzene rings is 1. The minimum Gasteiger partial charge on any atom is -0.497 e. The van der Waals surface area contributed by atoms with Gasteiger partial charge in [0.2, 0.25) is 0 Å². The van der Waals surface area contributed by atoms with E-state index in [2.05, 4.69) is 32.7 Å². The average Bonchev–Trinajstić information content (AvgIpc) is 2.65. The van der Waals surface area contributed by atoms with E-state index in [9.17, 15) is 0 Å². The number of nitrogens with one attached hydrogen (secondary N) is 2. The lowest BCUT2D eigenvalue weighted by Gasteiger charge is -2.12. The molecule has 5 nitrogen and oxygen atoms in total. The van der Waals surface area contributed by atoms with Crippen LogP contribution in [-0.4, -0.2) is 38.2 Å². The van der Waals surface area contributed by atoms with Gasteiger partial charge in [0.05, 0.1) is 7.11 Å². The lowest BCUT2D eigenvalue weighted by molar-refractivity contribution is 0.414. The smallest absolute Gasteiger partial charge is 0.190 e. The van der Waals surface area contributed by atoms with Crippen LogP contribution in [0.15, 0.2) is 47.6 Å². The number of pyridine rings is 1. The van der Waals surface area contributed by atoms with Crippen LogP contribution in [0.2, 0.25) is 5.15 Å². The zero-order valence-corrected chi connectivity index (χ0v) is 15.5. The Bertz CT molecular complexity index is 673. The third-order valence-electron chi connectivity index (χ3n) is 3.79. The molecule has 0 spiro atoms. The Kier molecular flexibility index (Phi) is 8.05. The van der Waals surface area contributed by atoms with Crippen LogP contribution in [0.4, 0.5) is 0 Å². The van der Waals surface area contributed by atoms with Gasteiger partial charge in [-0.3, -0.25) is 4.99 Å². The van der Waals surface area contributed by atoms with Crippen LogP contribution < -0.4 is 15.4 Å². The van der Waals surface area contributed by atoms with Crippen LogP contribution >= 0.6 is 11.6 Å². The maximum Gasteiger partial charge on any atom is 0.190 e. The van der Waals surface area contributed by atoms with Crippen molar-refractivity contribution in [3.63, 3.8) is 0 Å². The fraction of sp³-hybridized carbons (Fsp3) is 0.368. The Morgan fingerprint density at radius 1 is 1.12 bits per heavy atom. The van der Waals surface area contributed by atoms with E-state index in [1.165, 1.54) is 5.56 Å². The van der Waals surface area contributed by atoms with E-state index in [-0.39, 0.29) is 0 Å². The summed E-state index contributed by atoms with van der Waals surface area (Å²) in [5.74, 6) is 1.71. The summed E-state index contributed by atoms with van der Waals surface area (Å²) in [7, 11) is 3.47. The number of hydrogen-bond acceptors (Lipinski definition) is 3. The zero-order valence-electron chi connectivity index (χ0n) is 14.8. The van der Waals surface area contributed by atoms with Gasteiger partial charge >= 0.3 is 0 Å². The Labute approximate surface area is 154 Å². The van der Waals surface area contributed by atoms with Crippen LogP contribution in [0.1, 0.15) is 17.5 Å². The third kappa shape index (κ3) is 7.01. The summed E-state index contributed by atoms with van der Waals surface area (Å²) in [5.41, 5.74) is 2.42. The first-order valence-electron chi connectivity index (χ1n) is 8.39. The number of aromatic nitrogens is 1. The predicted molar refractivity (Wildman–Crippen MR) is 104 cm³/mol. The van der Waals surface area contributed by atoms with Crippen molar-refractivity contribution >= 4 is 17.6 Å². The third-order valence-corrected chi connectivity index (χ3v) is 4.01. The molecule has 1 heterocycles. The number of aliphatic imine (C=N–C) groups is 1. The van der Waals surface area contributed by atoms with Crippen molar-refractivity contribution in [2.75, 3.05) is 27.2 Å². The highest BCUT2D eigenvalue weighted by atomic mass is 35.5. The number of aryl methyl sites for hydroxylation is 1. The van der Waals surface area contributed by atoms with E-state index in [1.807, 2.05) is 24.3 Å². The Morgan fingerprint density at radius 2 is 1.96 bits per heavy atom. The second kappa shape index (κ2) is 10.6. The molecule has 0 fully saturated rings. The van der Waals surface area contributed by atoms with E-state index in [4.69, 9.17) is 16.3 Å². The first kappa shape index (κ1) is 19.1. The van der Waals surface area contributed by atoms with Crippen LogP contribution in [-0.2, 0) is 12.8 Å². The summed E-state index contributed by atoms with van der Waals surface area (Å²) >= 11 is 5.79. The minimum absolute atomic E-state index is 0.519. The molecular formula is C19H25ClN4O. The fourth-order valence-electron chi connectivity index (χ4n) is 2.43. The summed E-state index contributed by atoms with van der Waals surface area (Å²) in [6.45, 7) is 1.65. The zero-order chi connectivity index (χ0) is 17.9. The topological polar surface area (TPSA) is 58.5 Å². The molecule has 0 aliphatic rings. The van der Waals surface area contributed by atoms with Crippen LogP contribution in [0.25, 0.3) is 0 Å². The molecule has 1 aromatic carbocycles. The molecule has 0 saturated heterocycles. The summed E-state index contributed by atoms with van der Waals surface area (Å²) < 4.78 is 5.25. The highest BCUT2D eigenvalue weighted by Crippen LogP contribution is 2.13. The van der Waals surface area contributed by atoms with Gasteiger partial charge in [-0.05, 0) is 48.6 Å². The number of methoxy groups -OCH3 is 1. The minimum atomic E-state index is 0.519. The summed E-state index contributed by atoms with van der Waals surface area (Å²) in [5, 5.41) is 7.16. The molecule has 0 aliphatic heterocycles. The van der Waals surface area contributed by atoms with Crippen LogP contribution in [0.3, 0.4) is 0 Å². The molecule has 0 amide bonds. The molecule has 0 aliphatic carbocycles. The van der Waals surface area contributed by atoms with E-state index in [0.717, 1.165) is 49.6 Å². The molecule has 2 aromatic rings. The Balaban J connectivity index is 1.65. The average molecular weight is 361 g/mol. The molecule has 2 rings (SSSR count). The highest BCUT2D eigenvalue weighted by molar-refractivity contribution is 6.29. The number of rotatable bonds is 8. The van der Waals surface area contributed by atoms with Crippen molar-refractivity contribution in [2.45, 2.75) is 19.3 Å². The molecule has 1 aromatic heterocycles.